The maximum atomic E-state index is 12.8. The molecule has 0 aromatic carbocycles. The second kappa shape index (κ2) is 7.17. The summed E-state index contributed by atoms with van der Waals surface area (Å²) in [6.07, 6.45) is 7.95. The number of carboxylic acids is 1. The largest absolute Gasteiger partial charge is 0.481 e. The van der Waals surface area contributed by atoms with Crippen molar-refractivity contribution in [1.82, 2.24) is 0 Å². The molecule has 1 heterocycles. The summed E-state index contributed by atoms with van der Waals surface area (Å²) in [6, 6.07) is 0. The first kappa shape index (κ1) is 21.7. The number of aliphatic hydroxyl groups is 1. The number of cyclic esters (lactones) is 1. The minimum Gasteiger partial charge on any atom is -0.481 e. The Hall–Kier alpha value is -2.15. The van der Waals surface area contributed by atoms with Gasteiger partial charge in [0.05, 0.1) is 5.60 Å². The molecule has 0 saturated heterocycles. The molecule has 3 saturated carbocycles. The molecule has 174 valence electrons. The molecule has 5 rings (SSSR count). The monoisotopic (exact) mass is 444 g/mol. The number of rotatable bonds is 3. The zero-order chi connectivity index (χ0) is 22.9. The van der Waals surface area contributed by atoms with Gasteiger partial charge in [-0.2, -0.15) is 0 Å². The third kappa shape index (κ3) is 2.86. The summed E-state index contributed by atoms with van der Waals surface area (Å²) in [6.45, 7) is 3.95. The Kier molecular flexibility index (Phi) is 4.86. The van der Waals surface area contributed by atoms with E-state index in [0.717, 1.165) is 31.3 Å². The molecule has 1 aliphatic heterocycles. The van der Waals surface area contributed by atoms with Crippen molar-refractivity contribution in [1.29, 1.82) is 0 Å². The zero-order valence-electron chi connectivity index (χ0n) is 18.8. The molecule has 0 aromatic heterocycles. The average Bonchev–Trinajstić information content (AvgIpc) is 3.28. The second-order valence-electron chi connectivity index (χ2n) is 10.8. The number of hydrogen-bond acceptors (Lipinski definition) is 6. The molecule has 2 N–H and O–H groups in total. The first-order valence-corrected chi connectivity index (χ1v) is 11.8. The summed E-state index contributed by atoms with van der Waals surface area (Å²) in [4.78, 5) is 36.0. The van der Waals surface area contributed by atoms with Crippen molar-refractivity contribution >= 4 is 17.9 Å². The van der Waals surface area contributed by atoms with E-state index >= 15 is 0 Å². The van der Waals surface area contributed by atoms with Gasteiger partial charge in [0.2, 0.25) is 0 Å². The van der Waals surface area contributed by atoms with Crippen molar-refractivity contribution in [3.05, 3.63) is 23.3 Å². The molecular formula is C25H32O7. The van der Waals surface area contributed by atoms with Gasteiger partial charge < -0.3 is 19.7 Å². The highest BCUT2D eigenvalue weighted by Gasteiger charge is 2.69. The number of ether oxygens (including phenoxy) is 2. The molecule has 5 aliphatic rings. The molecule has 0 amide bonds. The lowest BCUT2D eigenvalue weighted by Gasteiger charge is -2.61. The van der Waals surface area contributed by atoms with E-state index in [-0.39, 0.29) is 35.6 Å². The molecule has 4 aliphatic carbocycles. The van der Waals surface area contributed by atoms with Gasteiger partial charge in [-0.15, -0.1) is 0 Å². The molecule has 7 atom stereocenters. The van der Waals surface area contributed by atoms with Crippen molar-refractivity contribution in [2.24, 2.45) is 28.6 Å². The van der Waals surface area contributed by atoms with Crippen molar-refractivity contribution < 1.29 is 34.1 Å². The van der Waals surface area contributed by atoms with Crippen molar-refractivity contribution in [2.75, 3.05) is 6.61 Å². The van der Waals surface area contributed by atoms with Crippen molar-refractivity contribution in [3.8, 4) is 0 Å². The van der Waals surface area contributed by atoms with Crippen LogP contribution in [0.5, 0.6) is 0 Å². The predicted octanol–water partition coefficient (Wildman–Crippen LogP) is 3.16. The van der Waals surface area contributed by atoms with Crippen molar-refractivity contribution in [3.63, 3.8) is 0 Å². The van der Waals surface area contributed by atoms with Crippen LogP contribution < -0.4 is 0 Å². The minimum absolute atomic E-state index is 0.106. The molecule has 0 spiro atoms. The number of carboxylic acid groups (broad SMARTS) is 1. The smallest absolute Gasteiger partial charge is 0.331 e. The lowest BCUT2D eigenvalue weighted by atomic mass is 9.43. The second-order valence-corrected chi connectivity index (χ2v) is 10.8. The fourth-order valence-corrected chi connectivity index (χ4v) is 8.14. The highest BCUT2D eigenvalue weighted by Crippen LogP contribution is 2.68. The number of carbonyl (C=O) groups excluding carboxylic acids is 2. The molecule has 0 unspecified atom stereocenters. The van der Waals surface area contributed by atoms with Gasteiger partial charge in [-0.3, -0.25) is 9.59 Å². The topological polar surface area (TPSA) is 110 Å². The van der Waals surface area contributed by atoms with E-state index < -0.39 is 29.1 Å². The van der Waals surface area contributed by atoms with Crippen LogP contribution in [0.2, 0.25) is 0 Å². The van der Waals surface area contributed by atoms with E-state index in [1.165, 1.54) is 12.5 Å². The molecular weight excluding hydrogens is 412 g/mol. The molecule has 7 heteroatoms. The predicted molar refractivity (Wildman–Crippen MR) is 113 cm³/mol. The highest BCUT2D eigenvalue weighted by atomic mass is 16.5. The van der Waals surface area contributed by atoms with Crippen LogP contribution in [0, 0.1) is 28.6 Å². The Balaban J connectivity index is 1.46. The maximum Gasteiger partial charge on any atom is 0.331 e. The quantitative estimate of drug-likeness (QED) is 0.508. The van der Waals surface area contributed by atoms with E-state index in [4.69, 9.17) is 9.47 Å². The van der Waals surface area contributed by atoms with Crippen LogP contribution >= 0.6 is 0 Å². The van der Waals surface area contributed by atoms with Crippen LogP contribution in [-0.2, 0) is 23.9 Å². The lowest BCUT2D eigenvalue weighted by Crippen LogP contribution is -2.66. The Bertz CT molecular complexity index is 935. The Labute approximate surface area is 187 Å². The van der Waals surface area contributed by atoms with Gasteiger partial charge >= 0.3 is 17.9 Å². The molecule has 32 heavy (non-hydrogen) atoms. The van der Waals surface area contributed by atoms with E-state index in [2.05, 4.69) is 13.0 Å². The zero-order valence-corrected chi connectivity index (χ0v) is 18.8. The summed E-state index contributed by atoms with van der Waals surface area (Å²) in [7, 11) is 0. The normalized spacial score (nSPS) is 45.0. The van der Waals surface area contributed by atoms with E-state index in [1.54, 1.807) is 6.08 Å². The number of hydrogen-bond donors (Lipinski definition) is 2. The average molecular weight is 445 g/mol. The van der Waals surface area contributed by atoms with Gasteiger partial charge in [0.15, 0.2) is 0 Å². The Morgan fingerprint density at radius 2 is 1.97 bits per heavy atom. The first-order valence-electron chi connectivity index (χ1n) is 11.8. The lowest BCUT2D eigenvalue weighted by molar-refractivity contribution is -0.225. The van der Waals surface area contributed by atoms with E-state index in [9.17, 15) is 24.6 Å². The highest BCUT2D eigenvalue weighted by molar-refractivity contribution is 5.85. The van der Waals surface area contributed by atoms with Crippen LogP contribution in [0.15, 0.2) is 23.3 Å². The summed E-state index contributed by atoms with van der Waals surface area (Å²) in [5.74, 6) is -1.42. The third-order valence-electron chi connectivity index (χ3n) is 9.47. The molecule has 0 radical (unpaired) electrons. The van der Waals surface area contributed by atoms with Crippen LogP contribution in [0.25, 0.3) is 0 Å². The maximum absolute atomic E-state index is 12.8. The van der Waals surface area contributed by atoms with Gasteiger partial charge in [-0.25, -0.2) is 4.79 Å². The summed E-state index contributed by atoms with van der Waals surface area (Å²) in [5, 5.41) is 22.2. The summed E-state index contributed by atoms with van der Waals surface area (Å²) >= 11 is 0. The standard InChI is InChI=1S/C25H32O7/c1-14(26)32-16-5-10-25(22(28)29)20-7-8-23(2)18(15-11-21(27)31-13-15)3-4-19(23)17(20)6-9-24(25,30)12-16/h4,11,16-18,20,30H,3,5-10,12-13H2,1-2H3,(H,28,29)/t16-,17-,18+,20-,23+,24+,25-/m1/s1. The SMILES string of the molecule is CC(=O)O[C@@H]1CC[C@]2(C(=O)O)[C@@H]3CC[C@]4(C)C(=CC[C@H]4C4=CC(=O)OC4)[C@H]3CC[C@]2(O)C1. The third-order valence-corrected chi connectivity index (χ3v) is 9.47. The fourth-order valence-electron chi connectivity index (χ4n) is 8.14. The number of aliphatic carboxylic acids is 1. The first-order chi connectivity index (χ1) is 15.1. The molecule has 0 bridgehead atoms. The van der Waals surface area contributed by atoms with E-state index in [1.807, 2.05) is 0 Å². The van der Waals surface area contributed by atoms with Crippen LogP contribution in [0.1, 0.15) is 65.2 Å². The van der Waals surface area contributed by atoms with Gasteiger partial charge in [-0.05, 0) is 73.7 Å². The summed E-state index contributed by atoms with van der Waals surface area (Å²) in [5.41, 5.74) is -0.351. The molecule has 3 fully saturated rings. The Morgan fingerprint density at radius 1 is 1.19 bits per heavy atom. The molecule has 0 aromatic rings. The van der Waals surface area contributed by atoms with Crippen LogP contribution in [0.4, 0.5) is 0 Å². The summed E-state index contributed by atoms with van der Waals surface area (Å²) < 4.78 is 10.6. The van der Waals surface area contributed by atoms with Gasteiger partial charge in [0, 0.05) is 19.4 Å². The molecule has 7 nitrogen and oxygen atoms in total. The van der Waals surface area contributed by atoms with Crippen LogP contribution in [-0.4, -0.2) is 46.4 Å². The number of esters is 2. The van der Waals surface area contributed by atoms with Crippen molar-refractivity contribution in [2.45, 2.75) is 76.9 Å². The van der Waals surface area contributed by atoms with Gasteiger partial charge in [0.25, 0.3) is 0 Å². The number of allylic oxidation sites excluding steroid dienone is 2. The van der Waals surface area contributed by atoms with Crippen LogP contribution in [0.3, 0.4) is 0 Å². The van der Waals surface area contributed by atoms with Gasteiger partial charge in [-0.1, -0.05) is 18.6 Å². The fraction of sp³-hybridized carbons (Fsp3) is 0.720. The van der Waals surface area contributed by atoms with Gasteiger partial charge in [0.1, 0.15) is 18.1 Å². The Morgan fingerprint density at radius 3 is 2.62 bits per heavy atom. The number of fused-ring (bicyclic) bond motifs is 5. The van der Waals surface area contributed by atoms with E-state index in [0.29, 0.717) is 25.9 Å². The number of carbonyl (C=O) groups is 3. The minimum atomic E-state index is -1.38.